The molecule has 130 valence electrons. The topological polar surface area (TPSA) is 86.7 Å². The van der Waals surface area contributed by atoms with Crippen LogP contribution in [0.1, 0.15) is 23.9 Å². The lowest BCUT2D eigenvalue weighted by Crippen LogP contribution is -2.15. The molecule has 0 fully saturated rings. The molecule has 25 heavy (non-hydrogen) atoms. The monoisotopic (exact) mass is 409 g/mol. The first-order valence-electron chi connectivity index (χ1n) is 7.34. The number of nitrogens with two attached hydrogens (primary N) is 1. The van der Waals surface area contributed by atoms with E-state index in [2.05, 4.69) is 31.0 Å². The fourth-order valence-corrected chi connectivity index (χ4v) is 2.91. The van der Waals surface area contributed by atoms with E-state index in [1.54, 1.807) is 25.3 Å². The number of carbonyl (C=O) groups is 1. The third kappa shape index (κ3) is 3.51. The summed E-state index contributed by atoms with van der Waals surface area (Å²) in [4.78, 5) is 19.3. The maximum Gasteiger partial charge on any atom is 0.287 e. The maximum atomic E-state index is 13.7. The number of aromatic nitrogens is 4. The molecule has 0 saturated heterocycles. The Hall–Kier alpha value is -2.42. The van der Waals surface area contributed by atoms with Crippen LogP contribution in [0.15, 0.2) is 29.0 Å². The van der Waals surface area contributed by atoms with E-state index in [0.29, 0.717) is 26.8 Å². The Morgan fingerprint density at radius 3 is 2.72 bits per heavy atom. The van der Waals surface area contributed by atoms with Crippen molar-refractivity contribution in [1.29, 1.82) is 0 Å². The molecule has 3 aromatic heterocycles. The molecule has 0 radical (unpaired) electrons. The second-order valence-electron chi connectivity index (χ2n) is 5.81. The summed E-state index contributed by atoms with van der Waals surface area (Å²) >= 11 is 3.33. The highest BCUT2D eigenvalue weighted by Gasteiger charge is 2.27. The van der Waals surface area contributed by atoms with Gasteiger partial charge in [0.05, 0.1) is 23.0 Å². The van der Waals surface area contributed by atoms with E-state index in [9.17, 15) is 13.6 Å². The number of primary amides is 1. The maximum absolute atomic E-state index is 13.7. The van der Waals surface area contributed by atoms with Crippen LogP contribution in [-0.2, 0) is 17.1 Å². The zero-order valence-corrected chi connectivity index (χ0v) is 15.0. The SMILES string of the molecule is Cc1cc(-n2nc(Br)c3cnc(CC(N)=O)cc32)nc(C(C)(F)F)c1. The molecule has 0 saturated carbocycles. The second-order valence-corrected chi connectivity index (χ2v) is 6.57. The number of rotatable bonds is 4. The van der Waals surface area contributed by atoms with Gasteiger partial charge in [-0.3, -0.25) is 9.78 Å². The number of aryl methyl sites for hydroxylation is 1. The van der Waals surface area contributed by atoms with Crippen LogP contribution < -0.4 is 5.73 Å². The molecule has 0 aliphatic carbocycles. The first-order chi connectivity index (χ1) is 11.6. The average Bonchev–Trinajstić information content (AvgIpc) is 2.82. The summed E-state index contributed by atoms with van der Waals surface area (Å²) in [6.07, 6.45) is 1.52. The molecule has 0 bridgehead atoms. The van der Waals surface area contributed by atoms with Gasteiger partial charge in [0, 0.05) is 13.1 Å². The van der Waals surface area contributed by atoms with Crippen molar-refractivity contribution in [2.75, 3.05) is 0 Å². The lowest BCUT2D eigenvalue weighted by Gasteiger charge is -2.13. The third-order valence-electron chi connectivity index (χ3n) is 3.56. The van der Waals surface area contributed by atoms with Gasteiger partial charge in [0.1, 0.15) is 10.3 Å². The molecule has 3 heterocycles. The number of amides is 1. The van der Waals surface area contributed by atoms with E-state index in [4.69, 9.17) is 5.73 Å². The van der Waals surface area contributed by atoms with Crippen LogP contribution >= 0.6 is 15.9 Å². The first kappa shape index (κ1) is 17.4. The number of hydrogen-bond acceptors (Lipinski definition) is 4. The Morgan fingerprint density at radius 1 is 1.36 bits per heavy atom. The molecule has 1 amide bonds. The molecule has 0 aliphatic heterocycles. The van der Waals surface area contributed by atoms with Crippen molar-refractivity contribution >= 4 is 32.7 Å². The lowest BCUT2D eigenvalue weighted by atomic mass is 10.2. The van der Waals surface area contributed by atoms with Gasteiger partial charge >= 0.3 is 0 Å². The van der Waals surface area contributed by atoms with Crippen molar-refractivity contribution in [3.8, 4) is 5.82 Å². The fraction of sp³-hybridized carbons (Fsp3) is 0.250. The van der Waals surface area contributed by atoms with E-state index >= 15 is 0 Å². The number of nitrogens with zero attached hydrogens (tertiary/aromatic N) is 4. The first-order valence-corrected chi connectivity index (χ1v) is 8.13. The normalized spacial score (nSPS) is 11.9. The highest BCUT2D eigenvalue weighted by molar-refractivity contribution is 9.10. The van der Waals surface area contributed by atoms with Crippen LogP contribution in [0.2, 0.25) is 0 Å². The number of fused-ring (bicyclic) bond motifs is 1. The summed E-state index contributed by atoms with van der Waals surface area (Å²) in [5, 5.41) is 4.98. The van der Waals surface area contributed by atoms with Crippen LogP contribution in [0.5, 0.6) is 0 Å². The van der Waals surface area contributed by atoms with Crippen molar-refractivity contribution in [2.24, 2.45) is 5.73 Å². The summed E-state index contributed by atoms with van der Waals surface area (Å²) in [6, 6.07) is 4.64. The third-order valence-corrected chi connectivity index (χ3v) is 4.14. The van der Waals surface area contributed by atoms with Crippen molar-refractivity contribution in [3.05, 3.63) is 46.0 Å². The number of carbonyl (C=O) groups excluding carboxylic acids is 1. The molecule has 0 atom stereocenters. The predicted octanol–water partition coefficient (Wildman–Crippen LogP) is 3.03. The van der Waals surface area contributed by atoms with Crippen molar-refractivity contribution in [3.63, 3.8) is 0 Å². The predicted molar refractivity (Wildman–Crippen MR) is 91.6 cm³/mol. The quantitative estimate of drug-likeness (QED) is 0.717. The van der Waals surface area contributed by atoms with Crippen LogP contribution in [0.25, 0.3) is 16.7 Å². The minimum absolute atomic E-state index is 0.0295. The van der Waals surface area contributed by atoms with E-state index < -0.39 is 11.8 Å². The Labute approximate surface area is 150 Å². The molecule has 6 nitrogen and oxygen atoms in total. The summed E-state index contributed by atoms with van der Waals surface area (Å²) in [5.74, 6) is -3.33. The highest BCUT2D eigenvalue weighted by atomic mass is 79.9. The van der Waals surface area contributed by atoms with E-state index in [1.807, 2.05) is 0 Å². The Morgan fingerprint density at radius 2 is 2.08 bits per heavy atom. The zero-order valence-electron chi connectivity index (χ0n) is 13.4. The number of halogens is 3. The minimum atomic E-state index is -3.07. The van der Waals surface area contributed by atoms with Gasteiger partial charge in [-0.1, -0.05) is 0 Å². The fourth-order valence-electron chi connectivity index (χ4n) is 2.45. The molecule has 0 unspecified atom stereocenters. The summed E-state index contributed by atoms with van der Waals surface area (Å²) in [7, 11) is 0. The Balaban J connectivity index is 2.21. The van der Waals surface area contributed by atoms with Gasteiger partial charge in [0.2, 0.25) is 5.91 Å². The average molecular weight is 410 g/mol. The largest absolute Gasteiger partial charge is 0.369 e. The van der Waals surface area contributed by atoms with E-state index in [0.717, 1.165) is 6.92 Å². The molecule has 0 aliphatic rings. The van der Waals surface area contributed by atoms with Crippen molar-refractivity contribution < 1.29 is 13.6 Å². The van der Waals surface area contributed by atoms with E-state index in [-0.39, 0.29) is 17.9 Å². The van der Waals surface area contributed by atoms with Gasteiger partial charge < -0.3 is 5.73 Å². The molecule has 0 aromatic carbocycles. The smallest absolute Gasteiger partial charge is 0.287 e. The standard InChI is InChI=1S/C16H14BrF2N5O/c1-8-3-12(16(2,18)19)22-14(4-8)24-11-5-9(6-13(20)25)21-7-10(11)15(17)23-24/h3-5,7H,6H2,1-2H3,(H2,20,25). The van der Waals surface area contributed by atoms with Crippen molar-refractivity contribution in [1.82, 2.24) is 19.7 Å². The molecule has 0 spiro atoms. The highest BCUT2D eigenvalue weighted by Crippen LogP contribution is 2.29. The van der Waals surface area contributed by atoms with Gasteiger partial charge in [0.25, 0.3) is 5.92 Å². The Kier molecular flexibility index (Phi) is 4.28. The molecule has 2 N–H and O–H groups in total. The molecular formula is C16H14BrF2N5O. The van der Waals surface area contributed by atoms with Gasteiger partial charge in [-0.2, -0.15) is 13.9 Å². The molecular weight excluding hydrogens is 396 g/mol. The summed E-state index contributed by atoms with van der Waals surface area (Å²) in [6.45, 7) is 2.51. The van der Waals surface area contributed by atoms with E-state index in [1.165, 1.54) is 10.7 Å². The summed E-state index contributed by atoms with van der Waals surface area (Å²) in [5.41, 5.74) is 6.54. The summed E-state index contributed by atoms with van der Waals surface area (Å²) < 4.78 is 29.3. The van der Waals surface area contributed by atoms with Gasteiger partial charge in [-0.25, -0.2) is 9.67 Å². The van der Waals surface area contributed by atoms with Gasteiger partial charge in [-0.05, 0) is 46.6 Å². The van der Waals surface area contributed by atoms with Crippen molar-refractivity contribution in [2.45, 2.75) is 26.2 Å². The van der Waals surface area contributed by atoms with Crippen LogP contribution in [0.3, 0.4) is 0 Å². The lowest BCUT2D eigenvalue weighted by molar-refractivity contribution is -0.117. The Bertz CT molecular complexity index is 981. The van der Waals surface area contributed by atoms with Crippen LogP contribution in [0.4, 0.5) is 8.78 Å². The zero-order chi connectivity index (χ0) is 18.4. The number of hydrogen-bond donors (Lipinski definition) is 1. The molecule has 3 rings (SSSR count). The minimum Gasteiger partial charge on any atom is -0.369 e. The second kappa shape index (κ2) is 6.14. The molecule has 3 aromatic rings. The number of pyridine rings is 2. The number of alkyl halides is 2. The van der Waals surface area contributed by atoms with Gasteiger partial charge in [-0.15, -0.1) is 0 Å². The van der Waals surface area contributed by atoms with Crippen LogP contribution in [-0.4, -0.2) is 25.7 Å². The van der Waals surface area contributed by atoms with Crippen LogP contribution in [0, 0.1) is 6.92 Å². The van der Waals surface area contributed by atoms with Gasteiger partial charge in [0.15, 0.2) is 5.82 Å². The molecule has 9 heteroatoms.